The standard InChI is InChI=1S/C14H22N2O2/c1-4-16-13(17)9-18-14-10(2)7-12(5-6-15)8-11(14)3/h7-8H,4-6,9,15H2,1-3H3,(H,16,17). The highest BCUT2D eigenvalue weighted by atomic mass is 16.5. The zero-order chi connectivity index (χ0) is 13.5. The minimum Gasteiger partial charge on any atom is -0.483 e. The van der Waals surface area contributed by atoms with Crippen LogP contribution in [0.15, 0.2) is 12.1 Å². The van der Waals surface area contributed by atoms with E-state index in [-0.39, 0.29) is 12.5 Å². The van der Waals surface area contributed by atoms with E-state index >= 15 is 0 Å². The molecule has 1 aromatic carbocycles. The molecule has 0 bridgehead atoms. The molecule has 4 nitrogen and oxygen atoms in total. The van der Waals surface area contributed by atoms with Crippen LogP contribution in [0, 0.1) is 13.8 Å². The van der Waals surface area contributed by atoms with E-state index in [0.29, 0.717) is 13.1 Å². The Labute approximate surface area is 109 Å². The summed E-state index contributed by atoms with van der Waals surface area (Å²) in [5.74, 6) is 0.698. The van der Waals surface area contributed by atoms with Crippen molar-refractivity contribution in [2.45, 2.75) is 27.2 Å². The zero-order valence-electron chi connectivity index (χ0n) is 11.4. The van der Waals surface area contributed by atoms with E-state index < -0.39 is 0 Å². The Morgan fingerprint density at radius 3 is 2.44 bits per heavy atom. The lowest BCUT2D eigenvalue weighted by atomic mass is 10.0. The first-order chi connectivity index (χ1) is 8.58. The van der Waals surface area contributed by atoms with Crippen LogP contribution in [0.4, 0.5) is 0 Å². The van der Waals surface area contributed by atoms with Crippen LogP contribution in [0.25, 0.3) is 0 Å². The minimum atomic E-state index is -0.0951. The average molecular weight is 250 g/mol. The van der Waals surface area contributed by atoms with Gasteiger partial charge in [0.25, 0.3) is 5.91 Å². The molecule has 1 amide bonds. The molecule has 1 aromatic rings. The molecule has 0 aliphatic heterocycles. The maximum absolute atomic E-state index is 11.4. The first-order valence-corrected chi connectivity index (χ1v) is 6.28. The highest BCUT2D eigenvalue weighted by Gasteiger charge is 2.08. The molecule has 0 aliphatic rings. The minimum absolute atomic E-state index is 0.0613. The number of amides is 1. The quantitative estimate of drug-likeness (QED) is 0.800. The van der Waals surface area contributed by atoms with Gasteiger partial charge in [0.15, 0.2) is 6.61 Å². The molecule has 0 atom stereocenters. The van der Waals surface area contributed by atoms with E-state index in [1.807, 2.05) is 20.8 Å². The lowest BCUT2D eigenvalue weighted by molar-refractivity contribution is -0.122. The summed E-state index contributed by atoms with van der Waals surface area (Å²) < 4.78 is 5.57. The topological polar surface area (TPSA) is 64.3 Å². The summed E-state index contributed by atoms with van der Waals surface area (Å²) in [6, 6.07) is 4.12. The van der Waals surface area contributed by atoms with Gasteiger partial charge in [-0.3, -0.25) is 4.79 Å². The van der Waals surface area contributed by atoms with E-state index in [1.165, 1.54) is 5.56 Å². The number of aryl methyl sites for hydroxylation is 2. The monoisotopic (exact) mass is 250 g/mol. The van der Waals surface area contributed by atoms with E-state index in [4.69, 9.17) is 10.5 Å². The predicted molar refractivity (Wildman–Crippen MR) is 72.9 cm³/mol. The second-order valence-electron chi connectivity index (χ2n) is 4.34. The number of nitrogens with one attached hydrogen (secondary N) is 1. The fourth-order valence-corrected chi connectivity index (χ4v) is 1.96. The maximum Gasteiger partial charge on any atom is 0.257 e. The fourth-order valence-electron chi connectivity index (χ4n) is 1.96. The molecule has 3 N–H and O–H groups in total. The van der Waals surface area contributed by atoms with Gasteiger partial charge < -0.3 is 15.8 Å². The molecule has 0 aliphatic carbocycles. The van der Waals surface area contributed by atoms with Crippen molar-refractivity contribution in [1.29, 1.82) is 0 Å². The van der Waals surface area contributed by atoms with Crippen LogP contribution in [0.5, 0.6) is 5.75 Å². The summed E-state index contributed by atoms with van der Waals surface area (Å²) in [4.78, 5) is 11.4. The predicted octanol–water partition coefficient (Wildman–Crippen LogP) is 1.32. The SMILES string of the molecule is CCNC(=O)COc1c(C)cc(CCN)cc1C. The Morgan fingerprint density at radius 2 is 1.94 bits per heavy atom. The second kappa shape index (κ2) is 7.01. The van der Waals surface area contributed by atoms with Gasteiger partial charge in [0.2, 0.25) is 0 Å². The number of benzene rings is 1. The van der Waals surface area contributed by atoms with Gasteiger partial charge in [0, 0.05) is 6.54 Å². The smallest absolute Gasteiger partial charge is 0.257 e. The molecule has 0 spiro atoms. The number of carbonyl (C=O) groups is 1. The zero-order valence-corrected chi connectivity index (χ0v) is 11.4. The molecule has 0 saturated heterocycles. The van der Waals surface area contributed by atoms with Gasteiger partial charge >= 0.3 is 0 Å². The molecule has 0 saturated carbocycles. The summed E-state index contributed by atoms with van der Waals surface area (Å²) in [6.45, 7) is 7.18. The first-order valence-electron chi connectivity index (χ1n) is 6.28. The fraction of sp³-hybridized carbons (Fsp3) is 0.500. The van der Waals surface area contributed by atoms with Crippen molar-refractivity contribution in [3.63, 3.8) is 0 Å². The molecule has 4 heteroatoms. The molecule has 0 fully saturated rings. The summed E-state index contributed by atoms with van der Waals surface area (Å²) in [6.07, 6.45) is 0.859. The molecular formula is C14H22N2O2. The van der Waals surface area contributed by atoms with E-state index in [1.54, 1.807) is 0 Å². The molecule has 0 heterocycles. The number of hydrogen-bond acceptors (Lipinski definition) is 3. The molecular weight excluding hydrogens is 228 g/mol. The third-order valence-corrected chi connectivity index (χ3v) is 2.67. The van der Waals surface area contributed by atoms with Crippen molar-refractivity contribution in [2.24, 2.45) is 5.73 Å². The maximum atomic E-state index is 11.4. The van der Waals surface area contributed by atoms with Gasteiger partial charge in [0.1, 0.15) is 5.75 Å². The molecule has 0 unspecified atom stereocenters. The Kier molecular flexibility index (Phi) is 5.65. The summed E-state index contributed by atoms with van der Waals surface area (Å²) in [5.41, 5.74) is 8.84. The van der Waals surface area contributed by atoms with E-state index in [0.717, 1.165) is 23.3 Å². The first kappa shape index (κ1) is 14.5. The van der Waals surface area contributed by atoms with Gasteiger partial charge in [-0.05, 0) is 50.4 Å². The van der Waals surface area contributed by atoms with Crippen LogP contribution in [-0.4, -0.2) is 25.6 Å². The highest BCUT2D eigenvalue weighted by molar-refractivity contribution is 5.77. The third-order valence-electron chi connectivity index (χ3n) is 2.67. The van der Waals surface area contributed by atoms with Crippen LogP contribution in [-0.2, 0) is 11.2 Å². The van der Waals surface area contributed by atoms with Gasteiger partial charge in [-0.15, -0.1) is 0 Å². The molecule has 1 rings (SSSR count). The molecule has 0 aromatic heterocycles. The normalized spacial score (nSPS) is 10.2. The van der Waals surface area contributed by atoms with Crippen molar-refractivity contribution in [2.75, 3.05) is 19.7 Å². The van der Waals surface area contributed by atoms with E-state index in [2.05, 4.69) is 17.4 Å². The van der Waals surface area contributed by atoms with Crippen molar-refractivity contribution < 1.29 is 9.53 Å². The lowest BCUT2D eigenvalue weighted by Crippen LogP contribution is -2.28. The number of carbonyl (C=O) groups excluding carboxylic acids is 1. The van der Waals surface area contributed by atoms with Crippen molar-refractivity contribution in [1.82, 2.24) is 5.32 Å². The molecule has 18 heavy (non-hydrogen) atoms. The Bertz CT molecular complexity index is 393. The van der Waals surface area contributed by atoms with Crippen LogP contribution < -0.4 is 15.8 Å². The number of hydrogen-bond donors (Lipinski definition) is 2. The van der Waals surface area contributed by atoms with Crippen molar-refractivity contribution in [3.05, 3.63) is 28.8 Å². The summed E-state index contributed by atoms with van der Waals surface area (Å²) >= 11 is 0. The lowest BCUT2D eigenvalue weighted by Gasteiger charge is -2.13. The summed E-state index contributed by atoms with van der Waals surface area (Å²) in [5, 5.41) is 2.71. The van der Waals surface area contributed by atoms with Crippen LogP contribution in [0.3, 0.4) is 0 Å². The Hall–Kier alpha value is -1.55. The number of rotatable bonds is 6. The largest absolute Gasteiger partial charge is 0.483 e. The van der Waals surface area contributed by atoms with Crippen molar-refractivity contribution >= 4 is 5.91 Å². The Morgan fingerprint density at radius 1 is 1.33 bits per heavy atom. The third kappa shape index (κ3) is 4.04. The Balaban J connectivity index is 2.74. The number of ether oxygens (including phenoxy) is 1. The van der Waals surface area contributed by atoms with Gasteiger partial charge in [-0.25, -0.2) is 0 Å². The highest BCUT2D eigenvalue weighted by Crippen LogP contribution is 2.24. The number of likely N-dealkylation sites (N-methyl/N-ethyl adjacent to an activating group) is 1. The molecule has 0 radical (unpaired) electrons. The van der Waals surface area contributed by atoms with Crippen molar-refractivity contribution in [3.8, 4) is 5.75 Å². The van der Waals surface area contributed by atoms with Gasteiger partial charge in [-0.1, -0.05) is 12.1 Å². The summed E-state index contributed by atoms with van der Waals surface area (Å²) in [7, 11) is 0. The van der Waals surface area contributed by atoms with E-state index in [9.17, 15) is 4.79 Å². The van der Waals surface area contributed by atoms with Crippen LogP contribution in [0.2, 0.25) is 0 Å². The van der Waals surface area contributed by atoms with Gasteiger partial charge in [0.05, 0.1) is 0 Å². The second-order valence-corrected chi connectivity index (χ2v) is 4.34. The molecule has 100 valence electrons. The van der Waals surface area contributed by atoms with Crippen LogP contribution in [0.1, 0.15) is 23.6 Å². The van der Waals surface area contributed by atoms with Gasteiger partial charge in [-0.2, -0.15) is 0 Å². The number of nitrogens with two attached hydrogens (primary N) is 1. The average Bonchev–Trinajstić information content (AvgIpc) is 2.28. The van der Waals surface area contributed by atoms with Crippen LogP contribution >= 0.6 is 0 Å².